The summed E-state index contributed by atoms with van der Waals surface area (Å²) in [5.41, 5.74) is 2.62. The molecule has 0 bridgehead atoms. The van der Waals surface area contributed by atoms with E-state index in [1.165, 1.54) is 0 Å². The number of hydrogen-bond acceptors (Lipinski definition) is 4. The smallest absolute Gasteiger partial charge is 0.308 e. The number of urea groups is 1. The van der Waals surface area contributed by atoms with E-state index in [2.05, 4.69) is 20.2 Å². The van der Waals surface area contributed by atoms with Crippen LogP contribution in [0, 0.1) is 13.8 Å². The van der Waals surface area contributed by atoms with E-state index in [0.717, 1.165) is 22.8 Å². The molecule has 0 radical (unpaired) electrons. The fourth-order valence-corrected chi connectivity index (χ4v) is 1.81. The maximum absolute atomic E-state index is 11.6. The summed E-state index contributed by atoms with van der Waals surface area (Å²) in [5, 5.41) is 9.91. The Morgan fingerprint density at radius 3 is 2.47 bits per heavy atom. The van der Waals surface area contributed by atoms with Gasteiger partial charge in [-0.05, 0) is 26.0 Å². The second-order valence-corrected chi connectivity index (χ2v) is 4.39. The number of aromatic nitrogens is 2. The van der Waals surface area contributed by atoms with Crippen molar-refractivity contribution in [1.82, 2.24) is 9.59 Å². The molecule has 88 valence electrons. The highest BCUT2D eigenvalue weighted by molar-refractivity contribution is 7.10. The molecule has 2 amide bonds. The van der Waals surface area contributed by atoms with Crippen LogP contribution in [0.4, 0.5) is 15.5 Å². The Hall–Kier alpha value is -1.95. The number of rotatable bonds is 2. The SMILES string of the molecule is Cc1ccc(NC(=O)Nc2snnc2C)cc1. The molecule has 1 aromatic heterocycles. The lowest BCUT2D eigenvalue weighted by atomic mass is 10.2. The highest BCUT2D eigenvalue weighted by Crippen LogP contribution is 2.16. The highest BCUT2D eigenvalue weighted by atomic mass is 32.1. The van der Waals surface area contributed by atoms with E-state index in [-0.39, 0.29) is 6.03 Å². The maximum Gasteiger partial charge on any atom is 0.324 e. The van der Waals surface area contributed by atoms with E-state index < -0.39 is 0 Å². The van der Waals surface area contributed by atoms with Crippen LogP contribution in [-0.2, 0) is 0 Å². The van der Waals surface area contributed by atoms with Crippen molar-refractivity contribution in [3.63, 3.8) is 0 Å². The van der Waals surface area contributed by atoms with Gasteiger partial charge in [0.15, 0.2) is 0 Å². The first-order chi connectivity index (χ1) is 8.15. The van der Waals surface area contributed by atoms with E-state index >= 15 is 0 Å². The van der Waals surface area contributed by atoms with Crippen LogP contribution in [-0.4, -0.2) is 15.6 Å². The number of aryl methyl sites for hydroxylation is 2. The van der Waals surface area contributed by atoms with Crippen molar-refractivity contribution in [3.05, 3.63) is 35.5 Å². The topological polar surface area (TPSA) is 66.9 Å². The third kappa shape index (κ3) is 3.01. The Morgan fingerprint density at radius 2 is 1.88 bits per heavy atom. The van der Waals surface area contributed by atoms with Crippen molar-refractivity contribution in [2.75, 3.05) is 10.6 Å². The number of hydrogen-bond donors (Lipinski definition) is 2. The minimum atomic E-state index is -0.289. The van der Waals surface area contributed by atoms with E-state index in [9.17, 15) is 4.79 Å². The van der Waals surface area contributed by atoms with Gasteiger partial charge in [-0.2, -0.15) is 0 Å². The summed E-state index contributed by atoms with van der Waals surface area (Å²) in [7, 11) is 0. The first-order valence-electron chi connectivity index (χ1n) is 5.09. The molecule has 6 heteroatoms. The summed E-state index contributed by atoms with van der Waals surface area (Å²) in [6, 6.07) is 7.30. The number of benzene rings is 1. The van der Waals surface area contributed by atoms with Crippen LogP contribution in [0.2, 0.25) is 0 Å². The van der Waals surface area contributed by atoms with E-state index in [1.54, 1.807) is 6.92 Å². The summed E-state index contributed by atoms with van der Waals surface area (Å²) in [5.74, 6) is 0. The van der Waals surface area contributed by atoms with Gasteiger partial charge in [-0.15, -0.1) is 5.10 Å². The Balaban J connectivity index is 1.98. The van der Waals surface area contributed by atoms with Gasteiger partial charge in [0.2, 0.25) is 0 Å². The van der Waals surface area contributed by atoms with Crippen molar-refractivity contribution >= 4 is 28.3 Å². The molecule has 0 fully saturated rings. The maximum atomic E-state index is 11.6. The van der Waals surface area contributed by atoms with Crippen molar-refractivity contribution in [1.29, 1.82) is 0 Å². The largest absolute Gasteiger partial charge is 0.324 e. The summed E-state index contributed by atoms with van der Waals surface area (Å²) >= 11 is 1.16. The van der Waals surface area contributed by atoms with E-state index in [4.69, 9.17) is 0 Å². The first kappa shape index (κ1) is 11.5. The molecule has 5 nitrogen and oxygen atoms in total. The number of nitrogens with one attached hydrogen (secondary N) is 2. The monoisotopic (exact) mass is 248 g/mol. The zero-order valence-electron chi connectivity index (χ0n) is 9.52. The Bertz CT molecular complexity index is 521. The molecular weight excluding hydrogens is 236 g/mol. The van der Waals surface area contributed by atoms with Gasteiger partial charge < -0.3 is 5.32 Å². The fraction of sp³-hybridized carbons (Fsp3) is 0.182. The standard InChI is InChI=1S/C11H12N4OS/c1-7-3-5-9(6-4-7)12-11(16)13-10-8(2)14-15-17-10/h3-6H,1-2H3,(H2,12,13,16). The molecule has 2 rings (SSSR count). The number of amides is 2. The van der Waals surface area contributed by atoms with Gasteiger partial charge in [0.1, 0.15) is 5.00 Å². The molecule has 2 N–H and O–H groups in total. The van der Waals surface area contributed by atoms with Crippen molar-refractivity contribution < 1.29 is 4.79 Å². The van der Waals surface area contributed by atoms with Gasteiger partial charge in [-0.1, -0.05) is 22.2 Å². The van der Waals surface area contributed by atoms with Crippen molar-refractivity contribution in [2.45, 2.75) is 13.8 Å². The molecule has 0 aliphatic carbocycles. The molecule has 0 saturated carbocycles. The average Bonchev–Trinajstić information content (AvgIpc) is 2.68. The Labute approximate surface area is 103 Å². The Morgan fingerprint density at radius 1 is 1.18 bits per heavy atom. The van der Waals surface area contributed by atoms with Gasteiger partial charge in [-0.25, -0.2) is 4.79 Å². The van der Waals surface area contributed by atoms with Crippen molar-refractivity contribution in [2.24, 2.45) is 0 Å². The summed E-state index contributed by atoms with van der Waals surface area (Å²) in [4.78, 5) is 11.6. The molecule has 0 unspecified atom stereocenters. The number of carbonyl (C=O) groups excluding carboxylic acids is 1. The van der Waals surface area contributed by atoms with Crippen LogP contribution in [0.5, 0.6) is 0 Å². The molecule has 17 heavy (non-hydrogen) atoms. The molecule has 0 aliphatic heterocycles. The molecule has 2 aromatic rings. The zero-order valence-corrected chi connectivity index (χ0v) is 10.3. The second kappa shape index (κ2) is 4.92. The molecule has 0 saturated heterocycles. The quantitative estimate of drug-likeness (QED) is 0.858. The molecule has 0 aliphatic rings. The van der Waals surface area contributed by atoms with Crippen LogP contribution >= 0.6 is 11.5 Å². The summed E-state index contributed by atoms with van der Waals surface area (Å²) in [6.45, 7) is 3.79. The lowest BCUT2D eigenvalue weighted by Crippen LogP contribution is -2.19. The fourth-order valence-electron chi connectivity index (χ4n) is 1.25. The van der Waals surface area contributed by atoms with Crippen LogP contribution < -0.4 is 10.6 Å². The molecule has 0 spiro atoms. The molecule has 1 heterocycles. The number of nitrogens with zero attached hydrogens (tertiary/aromatic N) is 2. The van der Waals surface area contributed by atoms with Gasteiger partial charge >= 0.3 is 6.03 Å². The first-order valence-corrected chi connectivity index (χ1v) is 5.86. The van der Waals surface area contributed by atoms with Gasteiger partial charge in [0, 0.05) is 17.2 Å². The molecule has 1 aromatic carbocycles. The summed E-state index contributed by atoms with van der Waals surface area (Å²) < 4.78 is 3.74. The minimum absolute atomic E-state index is 0.289. The third-order valence-corrected chi connectivity index (χ3v) is 2.93. The van der Waals surface area contributed by atoms with Crippen LogP contribution in [0.3, 0.4) is 0 Å². The third-order valence-electron chi connectivity index (χ3n) is 2.19. The number of carbonyl (C=O) groups is 1. The average molecular weight is 248 g/mol. The predicted octanol–water partition coefficient (Wildman–Crippen LogP) is 2.80. The molecular formula is C11H12N4OS. The second-order valence-electron chi connectivity index (χ2n) is 3.63. The van der Waals surface area contributed by atoms with Crippen LogP contribution in [0.25, 0.3) is 0 Å². The van der Waals surface area contributed by atoms with Gasteiger partial charge in [0.25, 0.3) is 0 Å². The van der Waals surface area contributed by atoms with Gasteiger partial charge in [-0.3, -0.25) is 5.32 Å². The summed E-state index contributed by atoms with van der Waals surface area (Å²) in [6.07, 6.45) is 0. The lowest BCUT2D eigenvalue weighted by molar-refractivity contribution is 0.262. The Kier molecular flexibility index (Phi) is 3.34. The van der Waals surface area contributed by atoms with Crippen LogP contribution in [0.15, 0.2) is 24.3 Å². The predicted molar refractivity (Wildman–Crippen MR) is 68.5 cm³/mol. The minimum Gasteiger partial charge on any atom is -0.308 e. The van der Waals surface area contributed by atoms with E-state index in [0.29, 0.717) is 10.7 Å². The molecule has 0 atom stereocenters. The van der Waals surface area contributed by atoms with Crippen molar-refractivity contribution in [3.8, 4) is 0 Å². The highest BCUT2D eigenvalue weighted by Gasteiger charge is 2.07. The van der Waals surface area contributed by atoms with E-state index in [1.807, 2.05) is 31.2 Å². The van der Waals surface area contributed by atoms with Crippen LogP contribution in [0.1, 0.15) is 11.3 Å². The number of anilines is 2. The normalized spacial score (nSPS) is 10.0. The zero-order chi connectivity index (χ0) is 12.3. The lowest BCUT2D eigenvalue weighted by Gasteiger charge is -2.06. The van der Waals surface area contributed by atoms with Gasteiger partial charge in [0.05, 0.1) is 5.69 Å².